The van der Waals surface area contributed by atoms with Crippen LogP contribution < -0.4 is 0 Å². The molecule has 280 valence electrons. The number of carbonyl (C=O) groups is 1. The molecule has 1 saturated heterocycles. The molecule has 0 bridgehead atoms. The Balaban J connectivity index is 2.59. The molecule has 0 radical (unpaired) electrons. The number of aliphatic hydroxyl groups is 5. The molecular formula is C39H64O10. The van der Waals surface area contributed by atoms with E-state index in [0.29, 0.717) is 18.4 Å². The van der Waals surface area contributed by atoms with E-state index in [1.807, 2.05) is 53.7 Å². The van der Waals surface area contributed by atoms with E-state index in [2.05, 4.69) is 0 Å². The van der Waals surface area contributed by atoms with Gasteiger partial charge in [-0.25, -0.2) is 4.79 Å². The van der Waals surface area contributed by atoms with Crippen LogP contribution in [0.3, 0.4) is 0 Å². The van der Waals surface area contributed by atoms with E-state index in [-0.39, 0.29) is 35.9 Å². The van der Waals surface area contributed by atoms with Crippen molar-refractivity contribution in [1.29, 1.82) is 0 Å². The Morgan fingerprint density at radius 3 is 2.33 bits per heavy atom. The van der Waals surface area contributed by atoms with Gasteiger partial charge in [0.1, 0.15) is 12.2 Å². The number of aliphatic hydroxyl groups excluding tert-OH is 4. The maximum Gasteiger partial charge on any atom is 0.373 e. The zero-order valence-electron chi connectivity index (χ0n) is 31.4. The van der Waals surface area contributed by atoms with Gasteiger partial charge in [0.15, 0.2) is 5.79 Å². The van der Waals surface area contributed by atoms with Gasteiger partial charge in [-0.2, -0.15) is 0 Å². The summed E-state index contributed by atoms with van der Waals surface area (Å²) in [6.45, 7) is 16.6. The summed E-state index contributed by atoms with van der Waals surface area (Å²) in [4.78, 5) is 13.7. The van der Waals surface area contributed by atoms with Crippen LogP contribution >= 0.6 is 0 Å². The molecule has 10 heteroatoms. The average molecular weight is 693 g/mol. The van der Waals surface area contributed by atoms with Gasteiger partial charge in [-0.1, -0.05) is 89.1 Å². The smallest absolute Gasteiger partial charge is 0.373 e. The van der Waals surface area contributed by atoms with Crippen LogP contribution in [0.15, 0.2) is 59.4 Å². The predicted octanol–water partition coefficient (Wildman–Crippen LogP) is 5.00. The lowest BCUT2D eigenvalue weighted by Crippen LogP contribution is -2.58. The van der Waals surface area contributed by atoms with Gasteiger partial charge in [-0.3, -0.25) is 0 Å². The number of ether oxygens (including phenoxy) is 4. The number of rotatable bonds is 8. The third-order valence-corrected chi connectivity index (χ3v) is 10.6. The number of hydrogen-bond acceptors (Lipinski definition) is 10. The fourth-order valence-electron chi connectivity index (χ4n) is 7.18. The number of cyclic esters (lactones) is 1. The van der Waals surface area contributed by atoms with E-state index in [0.717, 1.165) is 5.57 Å². The standard InChI is InChI=1S/C39H64O10/c1-12-15-31-26(7)30(40)21-39(45,49-31)28(9)36(43)27(8)37-32(46-10)17-14-16-22(3)18-24(5)34(41)29(13-2)35(42)25(6)19-23(4)20-33(47-11)38(44)48-37/h12,14-17,19-20,24-32,34-37,40-43,45H,13,18,21H2,1-11H3/b15-12+,17-14+,22-16+,23-19+,33-20-/t24-,25-,26+,27+,28+,29+,30-,31-,32+,34+,35-,36-,37?,39-/m1/s1. The number of allylic oxidation sites excluding steroid dienone is 6. The van der Waals surface area contributed by atoms with Crippen LogP contribution in [-0.4, -0.2) is 94.2 Å². The Hall–Kier alpha value is -2.31. The van der Waals surface area contributed by atoms with E-state index in [9.17, 15) is 30.3 Å². The molecular weight excluding hydrogens is 628 g/mol. The zero-order chi connectivity index (χ0) is 37.2. The summed E-state index contributed by atoms with van der Waals surface area (Å²) in [5.41, 5.74) is 1.64. The van der Waals surface area contributed by atoms with Crippen LogP contribution in [0.5, 0.6) is 0 Å². The average Bonchev–Trinajstić information content (AvgIpc) is 3.05. The lowest BCUT2D eigenvalue weighted by molar-refractivity contribution is -0.313. The zero-order valence-corrected chi connectivity index (χ0v) is 31.4. The second-order valence-corrected chi connectivity index (χ2v) is 14.4. The monoisotopic (exact) mass is 692 g/mol. The van der Waals surface area contributed by atoms with Gasteiger partial charge in [-0.15, -0.1) is 0 Å². The lowest BCUT2D eigenvalue weighted by atomic mass is 9.77. The van der Waals surface area contributed by atoms with Gasteiger partial charge in [0.05, 0.1) is 37.6 Å². The quantitative estimate of drug-likeness (QED) is 0.173. The van der Waals surface area contributed by atoms with Crippen LogP contribution in [0, 0.1) is 35.5 Å². The summed E-state index contributed by atoms with van der Waals surface area (Å²) in [7, 11) is 2.84. The predicted molar refractivity (Wildman–Crippen MR) is 190 cm³/mol. The van der Waals surface area contributed by atoms with Gasteiger partial charge in [0.25, 0.3) is 0 Å². The van der Waals surface area contributed by atoms with E-state index in [1.165, 1.54) is 20.3 Å². The molecule has 1 unspecified atom stereocenters. The maximum atomic E-state index is 13.7. The fraction of sp³-hybridized carbons (Fsp3) is 0.718. The highest BCUT2D eigenvalue weighted by atomic mass is 16.6. The minimum absolute atomic E-state index is 0.0906. The molecule has 2 rings (SSSR count). The first kappa shape index (κ1) is 42.9. The molecule has 0 spiro atoms. The molecule has 0 aromatic carbocycles. The summed E-state index contributed by atoms with van der Waals surface area (Å²) >= 11 is 0. The third-order valence-electron chi connectivity index (χ3n) is 10.6. The summed E-state index contributed by atoms with van der Waals surface area (Å²) < 4.78 is 23.4. The van der Waals surface area contributed by atoms with E-state index in [4.69, 9.17) is 18.9 Å². The summed E-state index contributed by atoms with van der Waals surface area (Å²) in [5.74, 6) is -5.49. The normalized spacial score (nSPS) is 41.8. The van der Waals surface area contributed by atoms with Gasteiger partial charge >= 0.3 is 5.97 Å². The summed E-state index contributed by atoms with van der Waals surface area (Å²) in [6, 6.07) is 0. The minimum Gasteiger partial charge on any atom is -0.490 e. The Morgan fingerprint density at radius 2 is 1.76 bits per heavy atom. The molecule has 1 fully saturated rings. The molecule has 0 aromatic heterocycles. The fourth-order valence-corrected chi connectivity index (χ4v) is 7.18. The van der Waals surface area contributed by atoms with Crippen molar-refractivity contribution in [2.75, 3.05) is 14.2 Å². The molecule has 0 saturated carbocycles. The van der Waals surface area contributed by atoms with E-state index >= 15 is 0 Å². The highest BCUT2D eigenvalue weighted by Gasteiger charge is 2.50. The van der Waals surface area contributed by atoms with Gasteiger partial charge in [-0.05, 0) is 45.6 Å². The molecule has 2 aliphatic rings. The van der Waals surface area contributed by atoms with Crippen molar-refractivity contribution >= 4 is 5.97 Å². The van der Waals surface area contributed by atoms with Gasteiger partial charge < -0.3 is 44.5 Å². The summed E-state index contributed by atoms with van der Waals surface area (Å²) in [6.07, 6.45) is 7.35. The first-order valence-electron chi connectivity index (χ1n) is 17.7. The number of methoxy groups -OCH3 is 2. The molecule has 2 aliphatic heterocycles. The molecule has 0 amide bonds. The Morgan fingerprint density at radius 1 is 1.10 bits per heavy atom. The van der Waals surface area contributed by atoms with Crippen molar-refractivity contribution in [1.82, 2.24) is 0 Å². The van der Waals surface area contributed by atoms with Crippen LogP contribution in [-0.2, 0) is 23.7 Å². The molecule has 0 aliphatic carbocycles. The van der Waals surface area contributed by atoms with Crippen LogP contribution in [0.1, 0.15) is 81.6 Å². The molecule has 5 N–H and O–H groups in total. The van der Waals surface area contributed by atoms with Crippen LogP contribution in [0.25, 0.3) is 0 Å². The topological polar surface area (TPSA) is 155 Å². The van der Waals surface area contributed by atoms with Gasteiger partial charge in [0.2, 0.25) is 5.76 Å². The van der Waals surface area contributed by atoms with Crippen molar-refractivity contribution < 1.29 is 49.3 Å². The Labute approximate surface area is 294 Å². The second kappa shape index (κ2) is 19.3. The van der Waals surface area contributed by atoms with E-state index in [1.54, 1.807) is 45.1 Å². The molecule has 14 atom stereocenters. The first-order chi connectivity index (χ1) is 23.0. The molecule has 0 aromatic rings. The van der Waals surface area contributed by atoms with Gasteiger partial charge in [0, 0.05) is 43.1 Å². The van der Waals surface area contributed by atoms with Crippen molar-refractivity contribution in [3.8, 4) is 0 Å². The SMILES string of the molecule is C/C=C/[C@H]1O[C@@](O)([C@@H](C)[C@H](O)[C@H](C)C2OC(=O)/C(OC)=C/C(C)=C/[C@@H](C)[C@@H](O)[C@@H](CC)[C@@H](O)[C@H](C)C/C(C)=C/C=C/[C@@H]2OC)C[C@@H](O)[C@@H]1C. The van der Waals surface area contributed by atoms with Crippen LogP contribution in [0.2, 0.25) is 0 Å². The summed E-state index contributed by atoms with van der Waals surface area (Å²) in [5, 5.41) is 56.7. The largest absolute Gasteiger partial charge is 0.490 e. The lowest BCUT2D eigenvalue weighted by Gasteiger charge is -2.47. The number of esters is 1. The number of hydrogen-bond donors (Lipinski definition) is 5. The molecule has 49 heavy (non-hydrogen) atoms. The van der Waals surface area contributed by atoms with Crippen molar-refractivity contribution in [3.63, 3.8) is 0 Å². The minimum atomic E-state index is -1.86. The number of carbonyl (C=O) groups excluding carboxylic acids is 1. The molecule has 2 heterocycles. The molecule has 10 nitrogen and oxygen atoms in total. The van der Waals surface area contributed by atoms with Crippen molar-refractivity contribution in [2.24, 2.45) is 35.5 Å². The Kier molecular flexibility index (Phi) is 16.9. The highest BCUT2D eigenvalue weighted by molar-refractivity contribution is 5.87. The van der Waals surface area contributed by atoms with Crippen LogP contribution in [0.4, 0.5) is 0 Å². The highest BCUT2D eigenvalue weighted by Crippen LogP contribution is 2.40. The first-order valence-corrected chi connectivity index (χ1v) is 17.7. The maximum absolute atomic E-state index is 13.7. The van der Waals surface area contributed by atoms with Crippen molar-refractivity contribution in [3.05, 3.63) is 59.4 Å². The van der Waals surface area contributed by atoms with E-state index < -0.39 is 66.3 Å². The third kappa shape index (κ3) is 11.1. The second-order valence-electron chi connectivity index (χ2n) is 14.4. The Bertz CT molecular complexity index is 1210. The van der Waals surface area contributed by atoms with Crippen molar-refractivity contribution in [2.45, 2.75) is 130 Å².